The Labute approximate surface area is 121 Å². The molecule has 0 aliphatic carbocycles. The maximum atomic E-state index is 12.1. The Balaban J connectivity index is 3.15. The van der Waals surface area contributed by atoms with Gasteiger partial charge in [-0.2, -0.15) is 4.72 Å². The monoisotopic (exact) mass is 325 g/mol. The van der Waals surface area contributed by atoms with E-state index in [0.717, 1.165) is 0 Å². The van der Waals surface area contributed by atoms with Crippen molar-refractivity contribution in [2.45, 2.75) is 17.9 Å². The minimum atomic E-state index is -3.97. The van der Waals surface area contributed by atoms with E-state index in [4.69, 9.17) is 28.9 Å². The third-order valence-electron chi connectivity index (χ3n) is 2.35. The van der Waals surface area contributed by atoms with Crippen molar-refractivity contribution in [2.24, 2.45) is 0 Å². The Hall–Kier alpha value is -1.02. The van der Waals surface area contributed by atoms with Crippen molar-refractivity contribution in [3.8, 4) is 0 Å². The maximum Gasteiger partial charge on any atom is 0.242 e. The first-order chi connectivity index (χ1) is 8.70. The number of anilines is 1. The van der Waals surface area contributed by atoms with Crippen LogP contribution in [0.2, 0.25) is 10.0 Å². The number of hydrogen-bond acceptors (Lipinski definition) is 4. The molecular weight excluding hydrogens is 313 g/mol. The molecule has 0 saturated carbocycles. The number of carbonyl (C=O) groups is 1. The summed E-state index contributed by atoms with van der Waals surface area (Å²) in [4.78, 5) is 11.1. The lowest BCUT2D eigenvalue weighted by molar-refractivity contribution is -0.121. The van der Waals surface area contributed by atoms with E-state index >= 15 is 0 Å². The molecule has 19 heavy (non-hydrogen) atoms. The van der Waals surface area contributed by atoms with Gasteiger partial charge in [-0.15, -0.1) is 0 Å². The number of benzene rings is 1. The lowest BCUT2D eigenvalue weighted by Crippen LogP contribution is -2.43. The van der Waals surface area contributed by atoms with E-state index in [1.807, 2.05) is 0 Å². The Morgan fingerprint density at radius 1 is 1.37 bits per heavy atom. The SMILES string of the molecule is CNC(=O)C(C)NS(=O)(=O)c1ccc(Cl)c(N)c1Cl. The Bertz CT molecular complexity index is 604. The number of nitrogens with two attached hydrogens (primary N) is 1. The molecule has 1 rings (SSSR count). The van der Waals surface area contributed by atoms with Gasteiger partial charge in [-0.1, -0.05) is 23.2 Å². The molecule has 1 unspecified atom stereocenters. The molecular formula is C10H13Cl2N3O3S. The molecule has 0 heterocycles. The summed E-state index contributed by atoms with van der Waals surface area (Å²) in [6.45, 7) is 1.41. The maximum absolute atomic E-state index is 12.1. The fraction of sp³-hybridized carbons (Fsp3) is 0.300. The van der Waals surface area contributed by atoms with Crippen LogP contribution in [0.25, 0.3) is 0 Å². The molecule has 0 aromatic heterocycles. The summed E-state index contributed by atoms with van der Waals surface area (Å²) in [6.07, 6.45) is 0. The van der Waals surface area contributed by atoms with Crippen molar-refractivity contribution in [2.75, 3.05) is 12.8 Å². The van der Waals surface area contributed by atoms with Gasteiger partial charge in [0.25, 0.3) is 0 Å². The van der Waals surface area contributed by atoms with Crippen LogP contribution in [0.4, 0.5) is 5.69 Å². The normalized spacial score (nSPS) is 13.1. The highest BCUT2D eigenvalue weighted by atomic mass is 35.5. The summed E-state index contributed by atoms with van der Waals surface area (Å²) in [5.74, 6) is -0.471. The number of amides is 1. The van der Waals surface area contributed by atoms with Crippen molar-refractivity contribution < 1.29 is 13.2 Å². The Kier molecular flexibility index (Phi) is 5.03. The smallest absolute Gasteiger partial charge is 0.242 e. The zero-order chi connectivity index (χ0) is 14.8. The minimum absolute atomic E-state index is 0.0289. The average Bonchev–Trinajstić information content (AvgIpc) is 2.33. The van der Waals surface area contributed by atoms with Crippen LogP contribution in [-0.2, 0) is 14.8 Å². The summed E-state index contributed by atoms with van der Waals surface area (Å²) in [7, 11) is -2.56. The number of carbonyl (C=O) groups excluding carboxylic acids is 1. The quantitative estimate of drug-likeness (QED) is 0.718. The van der Waals surface area contributed by atoms with Crippen molar-refractivity contribution in [3.63, 3.8) is 0 Å². The van der Waals surface area contributed by atoms with Crippen LogP contribution < -0.4 is 15.8 Å². The molecule has 0 saturated heterocycles. The summed E-state index contributed by atoms with van der Waals surface area (Å²) in [5, 5.41) is 2.31. The number of rotatable bonds is 4. The van der Waals surface area contributed by atoms with Gasteiger partial charge < -0.3 is 11.1 Å². The van der Waals surface area contributed by atoms with Gasteiger partial charge in [-0.25, -0.2) is 8.42 Å². The van der Waals surface area contributed by atoms with Gasteiger partial charge in [-0.3, -0.25) is 4.79 Å². The van der Waals surface area contributed by atoms with Crippen molar-refractivity contribution in [1.82, 2.24) is 10.0 Å². The fourth-order valence-electron chi connectivity index (χ4n) is 1.32. The van der Waals surface area contributed by atoms with Crippen LogP contribution >= 0.6 is 23.2 Å². The number of sulfonamides is 1. The second-order valence-electron chi connectivity index (χ2n) is 3.73. The lowest BCUT2D eigenvalue weighted by Gasteiger charge is -2.14. The van der Waals surface area contributed by atoms with E-state index in [0.29, 0.717) is 0 Å². The van der Waals surface area contributed by atoms with Gasteiger partial charge in [0.1, 0.15) is 4.90 Å². The first-order valence-electron chi connectivity index (χ1n) is 5.18. The fourth-order valence-corrected chi connectivity index (χ4v) is 3.29. The van der Waals surface area contributed by atoms with Gasteiger partial charge in [0.15, 0.2) is 0 Å². The van der Waals surface area contributed by atoms with E-state index < -0.39 is 22.0 Å². The summed E-state index contributed by atoms with van der Waals surface area (Å²) in [5.41, 5.74) is 5.53. The second kappa shape index (κ2) is 5.96. The van der Waals surface area contributed by atoms with Gasteiger partial charge in [-0.05, 0) is 19.1 Å². The first-order valence-corrected chi connectivity index (χ1v) is 7.42. The number of halogens is 2. The van der Waals surface area contributed by atoms with Crippen LogP contribution in [0.3, 0.4) is 0 Å². The highest BCUT2D eigenvalue weighted by Gasteiger charge is 2.25. The zero-order valence-corrected chi connectivity index (χ0v) is 12.5. The van der Waals surface area contributed by atoms with E-state index in [1.165, 1.54) is 26.1 Å². The number of likely N-dealkylation sites (N-methyl/N-ethyl adjacent to an activating group) is 1. The molecule has 1 aromatic rings. The van der Waals surface area contributed by atoms with Gasteiger partial charge >= 0.3 is 0 Å². The molecule has 0 bridgehead atoms. The van der Waals surface area contributed by atoms with E-state index in [1.54, 1.807) is 0 Å². The van der Waals surface area contributed by atoms with E-state index in [2.05, 4.69) is 10.0 Å². The molecule has 0 fully saturated rings. The first kappa shape index (κ1) is 16.0. The minimum Gasteiger partial charge on any atom is -0.396 e. The highest BCUT2D eigenvalue weighted by Crippen LogP contribution is 2.32. The highest BCUT2D eigenvalue weighted by molar-refractivity contribution is 7.89. The van der Waals surface area contributed by atoms with Crippen LogP contribution in [0.1, 0.15) is 6.92 Å². The molecule has 0 spiro atoms. The Morgan fingerprint density at radius 3 is 2.47 bits per heavy atom. The van der Waals surface area contributed by atoms with Gasteiger partial charge in [0, 0.05) is 7.05 Å². The van der Waals surface area contributed by atoms with E-state index in [9.17, 15) is 13.2 Å². The van der Waals surface area contributed by atoms with Crippen LogP contribution in [0.5, 0.6) is 0 Å². The predicted octanol–water partition coefficient (Wildman–Crippen LogP) is 0.988. The van der Waals surface area contributed by atoms with E-state index in [-0.39, 0.29) is 20.6 Å². The number of nitrogen functional groups attached to an aromatic ring is 1. The largest absolute Gasteiger partial charge is 0.396 e. The van der Waals surface area contributed by atoms with Gasteiger partial charge in [0.05, 0.1) is 21.8 Å². The van der Waals surface area contributed by atoms with Crippen LogP contribution in [0.15, 0.2) is 17.0 Å². The molecule has 9 heteroatoms. The summed E-state index contributed by atoms with van der Waals surface area (Å²) in [6, 6.07) is 1.60. The molecule has 0 aliphatic heterocycles. The topological polar surface area (TPSA) is 101 Å². The summed E-state index contributed by atoms with van der Waals surface area (Å²) >= 11 is 11.6. The van der Waals surface area contributed by atoms with Crippen molar-refractivity contribution in [1.29, 1.82) is 0 Å². The average molecular weight is 326 g/mol. The van der Waals surface area contributed by atoms with Crippen molar-refractivity contribution in [3.05, 3.63) is 22.2 Å². The number of hydrogen-bond donors (Lipinski definition) is 3. The van der Waals surface area contributed by atoms with Crippen molar-refractivity contribution >= 4 is 44.8 Å². The molecule has 1 aromatic carbocycles. The van der Waals surface area contributed by atoms with Gasteiger partial charge in [0.2, 0.25) is 15.9 Å². The second-order valence-corrected chi connectivity index (χ2v) is 6.20. The molecule has 1 amide bonds. The molecule has 0 aliphatic rings. The Morgan fingerprint density at radius 2 is 1.95 bits per heavy atom. The predicted molar refractivity (Wildman–Crippen MR) is 74.7 cm³/mol. The van der Waals surface area contributed by atoms with Crippen LogP contribution in [0, 0.1) is 0 Å². The lowest BCUT2D eigenvalue weighted by atomic mass is 10.3. The zero-order valence-electron chi connectivity index (χ0n) is 10.2. The third kappa shape index (κ3) is 3.50. The molecule has 0 radical (unpaired) electrons. The molecule has 106 valence electrons. The molecule has 1 atom stereocenters. The molecule has 6 nitrogen and oxygen atoms in total. The third-order valence-corrected chi connectivity index (χ3v) is 4.78. The summed E-state index contributed by atoms with van der Waals surface area (Å²) < 4.78 is 26.3. The molecule has 4 N–H and O–H groups in total. The standard InChI is InChI=1S/C10H13Cl2N3O3S/c1-5(10(16)14-2)15-19(17,18)7-4-3-6(11)9(13)8(7)12/h3-5,15H,13H2,1-2H3,(H,14,16). The number of nitrogens with one attached hydrogen (secondary N) is 2. The van der Waals surface area contributed by atoms with Crippen LogP contribution in [-0.4, -0.2) is 27.4 Å².